The predicted octanol–water partition coefficient (Wildman–Crippen LogP) is 4.64. The molecule has 0 unspecified atom stereocenters. The predicted molar refractivity (Wildman–Crippen MR) is 117 cm³/mol. The monoisotopic (exact) mass is 425 g/mol. The smallest absolute Gasteiger partial charge is 0.227 e. The number of para-hydroxylation sites is 1. The van der Waals surface area contributed by atoms with Crippen LogP contribution in [0.25, 0.3) is 21.6 Å². The summed E-state index contributed by atoms with van der Waals surface area (Å²) in [4.78, 5) is 16.9. The number of nitrogens with one attached hydrogen (secondary N) is 2. The minimum Gasteiger partial charge on any atom is -0.494 e. The lowest BCUT2D eigenvalue weighted by molar-refractivity contribution is -0.116. The molecular formula is C20H19N5O2S2. The van der Waals surface area contributed by atoms with Gasteiger partial charge in [0.2, 0.25) is 5.91 Å². The second kappa shape index (κ2) is 8.54. The Bertz CT molecular complexity index is 1160. The minimum atomic E-state index is -0.121. The Balaban J connectivity index is 1.45. The molecule has 0 bridgehead atoms. The van der Waals surface area contributed by atoms with Crippen LogP contribution >= 0.6 is 23.6 Å². The minimum absolute atomic E-state index is 0.121. The number of aromatic nitrogens is 4. The zero-order chi connectivity index (χ0) is 20.2. The van der Waals surface area contributed by atoms with Gasteiger partial charge in [0.1, 0.15) is 5.75 Å². The van der Waals surface area contributed by atoms with E-state index in [-0.39, 0.29) is 12.3 Å². The zero-order valence-electron chi connectivity index (χ0n) is 15.7. The van der Waals surface area contributed by atoms with E-state index < -0.39 is 0 Å². The molecule has 2 heterocycles. The average Bonchev–Trinajstić information content (AvgIpc) is 3.30. The number of thiazole rings is 1. The number of aromatic amines is 1. The number of carbonyl (C=O) groups is 1. The van der Waals surface area contributed by atoms with Gasteiger partial charge in [-0.15, -0.1) is 0 Å². The van der Waals surface area contributed by atoms with Crippen LogP contribution in [-0.4, -0.2) is 32.3 Å². The Hall–Kier alpha value is -3.04. The topological polar surface area (TPSA) is 84.8 Å². The number of ether oxygens (including phenoxy) is 1. The SMILES string of the molecule is CCOc1ccc(-c2n[nH]c(=S)n2CCC(=O)Nc2nc3ccccc3s2)cc1. The number of carbonyl (C=O) groups excluding carboxylic acids is 1. The van der Waals surface area contributed by atoms with Crippen LogP contribution in [0.5, 0.6) is 5.75 Å². The molecule has 1 amide bonds. The molecule has 0 saturated heterocycles. The van der Waals surface area contributed by atoms with Gasteiger partial charge in [0.25, 0.3) is 0 Å². The Morgan fingerprint density at radius 3 is 2.79 bits per heavy atom. The van der Waals surface area contributed by atoms with Crippen molar-refractivity contribution in [1.29, 1.82) is 0 Å². The highest BCUT2D eigenvalue weighted by Crippen LogP contribution is 2.25. The highest BCUT2D eigenvalue weighted by Gasteiger charge is 2.12. The molecular weight excluding hydrogens is 406 g/mol. The summed E-state index contributed by atoms with van der Waals surface area (Å²) in [5.74, 6) is 1.36. The molecule has 0 fully saturated rings. The van der Waals surface area contributed by atoms with Gasteiger partial charge in [0, 0.05) is 18.5 Å². The van der Waals surface area contributed by atoms with Gasteiger partial charge in [0.15, 0.2) is 15.7 Å². The van der Waals surface area contributed by atoms with Gasteiger partial charge in [-0.3, -0.25) is 14.5 Å². The fourth-order valence-corrected chi connectivity index (χ4v) is 4.04. The maximum Gasteiger partial charge on any atom is 0.227 e. The summed E-state index contributed by atoms with van der Waals surface area (Å²) < 4.78 is 8.81. The molecule has 0 aliphatic heterocycles. The normalized spacial score (nSPS) is 10.9. The number of amides is 1. The van der Waals surface area contributed by atoms with Gasteiger partial charge >= 0.3 is 0 Å². The fraction of sp³-hybridized carbons (Fsp3) is 0.200. The van der Waals surface area contributed by atoms with E-state index in [0.29, 0.717) is 28.9 Å². The van der Waals surface area contributed by atoms with E-state index >= 15 is 0 Å². The van der Waals surface area contributed by atoms with E-state index in [0.717, 1.165) is 21.5 Å². The number of hydrogen-bond donors (Lipinski definition) is 2. The molecule has 29 heavy (non-hydrogen) atoms. The summed E-state index contributed by atoms with van der Waals surface area (Å²) in [6.07, 6.45) is 0.258. The molecule has 0 saturated carbocycles. The lowest BCUT2D eigenvalue weighted by Crippen LogP contribution is -2.15. The highest BCUT2D eigenvalue weighted by atomic mass is 32.1. The summed E-state index contributed by atoms with van der Waals surface area (Å²) in [6, 6.07) is 15.4. The van der Waals surface area contributed by atoms with Gasteiger partial charge in [-0.25, -0.2) is 4.98 Å². The van der Waals surface area contributed by atoms with Crippen molar-refractivity contribution < 1.29 is 9.53 Å². The van der Waals surface area contributed by atoms with Crippen molar-refractivity contribution in [1.82, 2.24) is 19.7 Å². The summed E-state index contributed by atoms with van der Waals surface area (Å²) in [7, 11) is 0. The van der Waals surface area contributed by atoms with Crippen molar-refractivity contribution in [2.75, 3.05) is 11.9 Å². The van der Waals surface area contributed by atoms with E-state index in [2.05, 4.69) is 20.5 Å². The van der Waals surface area contributed by atoms with E-state index in [4.69, 9.17) is 17.0 Å². The first-order valence-corrected chi connectivity index (χ1v) is 10.4. The molecule has 9 heteroatoms. The van der Waals surface area contributed by atoms with E-state index in [1.165, 1.54) is 11.3 Å². The molecule has 7 nitrogen and oxygen atoms in total. The molecule has 0 spiro atoms. The number of benzene rings is 2. The first-order valence-electron chi connectivity index (χ1n) is 9.18. The summed E-state index contributed by atoms with van der Waals surface area (Å²) in [5, 5.41) is 10.6. The van der Waals surface area contributed by atoms with Crippen molar-refractivity contribution in [2.45, 2.75) is 19.9 Å². The Morgan fingerprint density at radius 2 is 2.03 bits per heavy atom. The Morgan fingerprint density at radius 1 is 1.24 bits per heavy atom. The summed E-state index contributed by atoms with van der Waals surface area (Å²) >= 11 is 6.80. The second-order valence-electron chi connectivity index (χ2n) is 6.25. The second-order valence-corrected chi connectivity index (χ2v) is 7.66. The van der Waals surface area contributed by atoms with Crippen molar-refractivity contribution in [2.24, 2.45) is 0 Å². The van der Waals surface area contributed by atoms with Crippen LogP contribution in [0.2, 0.25) is 0 Å². The maximum atomic E-state index is 12.4. The molecule has 0 atom stereocenters. The first kappa shape index (κ1) is 19.3. The number of hydrogen-bond acceptors (Lipinski definition) is 6. The molecule has 2 N–H and O–H groups in total. The number of rotatable bonds is 7. The molecule has 2 aromatic heterocycles. The highest BCUT2D eigenvalue weighted by molar-refractivity contribution is 7.71. The standard InChI is InChI=1S/C20H19N5O2S2/c1-2-27-14-9-7-13(8-10-14)18-23-24-20(28)25(18)12-11-17(26)22-19-21-15-5-3-4-6-16(15)29-19/h3-10H,2,11-12H2,1H3,(H,24,28)(H,21,22,26). The van der Waals surface area contributed by atoms with Crippen LogP contribution in [0.15, 0.2) is 48.5 Å². The lowest BCUT2D eigenvalue weighted by Gasteiger charge is -2.08. The molecule has 148 valence electrons. The Labute approximate surface area is 176 Å². The number of nitrogens with zero attached hydrogens (tertiary/aromatic N) is 3. The third-order valence-electron chi connectivity index (χ3n) is 4.28. The number of anilines is 1. The van der Waals surface area contributed by atoms with Crippen LogP contribution in [0.1, 0.15) is 13.3 Å². The summed E-state index contributed by atoms with van der Waals surface area (Å²) in [5.41, 5.74) is 1.77. The zero-order valence-corrected chi connectivity index (χ0v) is 17.3. The quantitative estimate of drug-likeness (QED) is 0.421. The van der Waals surface area contributed by atoms with E-state index in [9.17, 15) is 4.79 Å². The van der Waals surface area contributed by atoms with Crippen molar-refractivity contribution in [3.63, 3.8) is 0 Å². The van der Waals surface area contributed by atoms with Gasteiger partial charge < -0.3 is 10.1 Å². The number of fused-ring (bicyclic) bond motifs is 1. The van der Waals surface area contributed by atoms with Crippen molar-refractivity contribution in [3.05, 3.63) is 53.3 Å². The van der Waals surface area contributed by atoms with Gasteiger partial charge in [0.05, 0.1) is 16.8 Å². The molecule has 2 aromatic carbocycles. The van der Waals surface area contributed by atoms with Crippen molar-refractivity contribution >= 4 is 44.8 Å². The third-order valence-corrected chi connectivity index (χ3v) is 5.55. The molecule has 0 aliphatic rings. The van der Waals surface area contributed by atoms with E-state index in [1.807, 2.05) is 60.0 Å². The fourth-order valence-electron chi connectivity index (χ4n) is 2.93. The average molecular weight is 426 g/mol. The first-order chi connectivity index (χ1) is 14.1. The van der Waals surface area contributed by atoms with Crippen LogP contribution in [0.4, 0.5) is 5.13 Å². The largest absolute Gasteiger partial charge is 0.494 e. The molecule has 0 radical (unpaired) electrons. The van der Waals surface area contributed by atoms with Gasteiger partial charge in [-0.05, 0) is 55.5 Å². The Kier molecular flexibility index (Phi) is 5.68. The van der Waals surface area contributed by atoms with Crippen LogP contribution in [-0.2, 0) is 11.3 Å². The van der Waals surface area contributed by atoms with Crippen LogP contribution < -0.4 is 10.1 Å². The van der Waals surface area contributed by atoms with Gasteiger partial charge in [-0.2, -0.15) is 5.10 Å². The van der Waals surface area contributed by atoms with Crippen molar-refractivity contribution in [3.8, 4) is 17.1 Å². The summed E-state index contributed by atoms with van der Waals surface area (Å²) in [6.45, 7) is 2.97. The lowest BCUT2D eigenvalue weighted by atomic mass is 10.2. The third kappa shape index (κ3) is 4.36. The maximum absolute atomic E-state index is 12.4. The van der Waals surface area contributed by atoms with Gasteiger partial charge in [-0.1, -0.05) is 23.5 Å². The van der Waals surface area contributed by atoms with E-state index in [1.54, 1.807) is 0 Å². The molecule has 4 rings (SSSR count). The van der Waals surface area contributed by atoms with Crippen LogP contribution in [0.3, 0.4) is 0 Å². The van der Waals surface area contributed by atoms with Crippen LogP contribution in [0, 0.1) is 4.77 Å². The molecule has 4 aromatic rings. The molecule has 0 aliphatic carbocycles. The number of H-pyrrole nitrogens is 1.